The Labute approximate surface area is 102 Å². The van der Waals surface area contributed by atoms with Crippen molar-refractivity contribution in [3.8, 4) is 0 Å². The van der Waals surface area contributed by atoms with Crippen LogP contribution in [0.25, 0.3) is 0 Å². The number of likely N-dealkylation sites (tertiary alicyclic amines) is 1. The predicted octanol–water partition coefficient (Wildman–Crippen LogP) is 0.936. The summed E-state index contributed by atoms with van der Waals surface area (Å²) >= 11 is 4.99. The van der Waals surface area contributed by atoms with Crippen LogP contribution in [0.5, 0.6) is 0 Å². The minimum atomic E-state index is -0.168. The molecule has 0 radical (unpaired) electrons. The number of thiocarbonyl (C=S) groups is 1. The number of carbonyl (C=O) groups excluding carboxylic acids is 1. The van der Waals surface area contributed by atoms with Crippen molar-refractivity contribution in [3.63, 3.8) is 0 Å². The number of piperidine rings is 1. The third-order valence-corrected chi connectivity index (χ3v) is 2.96. The summed E-state index contributed by atoms with van der Waals surface area (Å²) in [6.07, 6.45) is 2.02. The number of carbonyl (C=O) groups is 1. The molecule has 1 fully saturated rings. The van der Waals surface area contributed by atoms with E-state index < -0.39 is 0 Å². The molecule has 92 valence electrons. The number of hydrogen-bond acceptors (Lipinski definition) is 4. The van der Waals surface area contributed by atoms with Gasteiger partial charge in [0.15, 0.2) is 0 Å². The lowest BCUT2D eigenvalue weighted by Crippen LogP contribution is -2.43. The molecule has 16 heavy (non-hydrogen) atoms. The maximum absolute atomic E-state index is 11.5. The van der Waals surface area contributed by atoms with E-state index in [1.165, 1.54) is 0 Å². The fraction of sp³-hybridized carbons (Fsp3) is 0.818. The molecule has 0 saturated carbocycles. The van der Waals surface area contributed by atoms with Crippen LogP contribution >= 0.6 is 12.2 Å². The Morgan fingerprint density at radius 2 is 2.31 bits per heavy atom. The Balaban J connectivity index is 2.37. The number of ether oxygens (including phenoxy) is 1. The standard InChI is InChI=1S/C11H20N2O2S/c1-8(2)15-10(14)7-13-5-3-4-9(6-13)11(12)16/h8-9H,3-7H2,1-2H3,(H2,12,16). The Hall–Kier alpha value is -0.680. The molecule has 0 amide bonds. The van der Waals surface area contributed by atoms with Crippen LogP contribution < -0.4 is 5.73 Å². The van der Waals surface area contributed by atoms with E-state index in [2.05, 4.69) is 4.90 Å². The number of esters is 1. The zero-order valence-corrected chi connectivity index (χ0v) is 10.8. The maximum Gasteiger partial charge on any atom is 0.320 e. The van der Waals surface area contributed by atoms with E-state index in [0.717, 1.165) is 25.9 Å². The molecule has 5 heteroatoms. The first kappa shape index (κ1) is 13.4. The van der Waals surface area contributed by atoms with Crippen molar-refractivity contribution >= 4 is 23.2 Å². The first-order chi connectivity index (χ1) is 7.49. The molecule has 1 unspecified atom stereocenters. The highest BCUT2D eigenvalue weighted by Crippen LogP contribution is 2.16. The smallest absolute Gasteiger partial charge is 0.320 e. The Morgan fingerprint density at radius 3 is 2.88 bits per heavy atom. The van der Waals surface area contributed by atoms with Gasteiger partial charge in [0.05, 0.1) is 17.6 Å². The zero-order valence-electron chi connectivity index (χ0n) is 9.94. The molecule has 0 aromatic rings. The van der Waals surface area contributed by atoms with Crippen molar-refractivity contribution < 1.29 is 9.53 Å². The molecule has 0 spiro atoms. The van der Waals surface area contributed by atoms with E-state index in [9.17, 15) is 4.79 Å². The second-order valence-electron chi connectivity index (χ2n) is 4.52. The average Bonchev–Trinajstić information content (AvgIpc) is 2.16. The summed E-state index contributed by atoms with van der Waals surface area (Å²) < 4.78 is 5.10. The zero-order chi connectivity index (χ0) is 12.1. The van der Waals surface area contributed by atoms with Gasteiger partial charge in [-0.2, -0.15) is 0 Å². The highest BCUT2D eigenvalue weighted by Gasteiger charge is 2.23. The second-order valence-corrected chi connectivity index (χ2v) is 4.99. The minimum Gasteiger partial charge on any atom is -0.462 e. The minimum absolute atomic E-state index is 0.0522. The summed E-state index contributed by atoms with van der Waals surface area (Å²) in [6, 6.07) is 0. The average molecular weight is 244 g/mol. The van der Waals surface area contributed by atoms with Gasteiger partial charge < -0.3 is 10.5 Å². The molecule has 1 aliphatic rings. The number of hydrogen-bond donors (Lipinski definition) is 1. The molecule has 2 N–H and O–H groups in total. The van der Waals surface area contributed by atoms with Crippen LogP contribution in [-0.4, -0.2) is 41.6 Å². The molecule has 0 aromatic carbocycles. The third-order valence-electron chi connectivity index (χ3n) is 2.63. The van der Waals surface area contributed by atoms with Crippen molar-refractivity contribution in [1.82, 2.24) is 4.90 Å². The van der Waals surface area contributed by atoms with Gasteiger partial charge in [0.25, 0.3) is 0 Å². The Bertz CT molecular complexity index is 269. The highest BCUT2D eigenvalue weighted by molar-refractivity contribution is 7.80. The molecular formula is C11H20N2O2S. The van der Waals surface area contributed by atoms with Gasteiger partial charge in [0.1, 0.15) is 0 Å². The third kappa shape index (κ3) is 4.45. The fourth-order valence-electron chi connectivity index (χ4n) is 1.91. The molecule has 0 aliphatic carbocycles. The molecule has 0 aromatic heterocycles. The van der Waals surface area contributed by atoms with Gasteiger partial charge in [0.2, 0.25) is 0 Å². The molecule has 1 rings (SSSR count). The number of nitrogens with zero attached hydrogens (tertiary/aromatic N) is 1. The largest absolute Gasteiger partial charge is 0.462 e. The van der Waals surface area contributed by atoms with E-state index in [4.69, 9.17) is 22.7 Å². The summed E-state index contributed by atoms with van der Waals surface area (Å²) in [7, 11) is 0. The highest BCUT2D eigenvalue weighted by atomic mass is 32.1. The van der Waals surface area contributed by atoms with Gasteiger partial charge in [-0.25, -0.2) is 0 Å². The van der Waals surface area contributed by atoms with Crippen LogP contribution in [-0.2, 0) is 9.53 Å². The molecule has 0 bridgehead atoms. The molecule has 1 heterocycles. The molecular weight excluding hydrogens is 224 g/mol. The van der Waals surface area contributed by atoms with E-state index in [1.807, 2.05) is 13.8 Å². The van der Waals surface area contributed by atoms with Gasteiger partial charge in [-0.15, -0.1) is 0 Å². The van der Waals surface area contributed by atoms with Crippen molar-refractivity contribution in [1.29, 1.82) is 0 Å². The van der Waals surface area contributed by atoms with E-state index in [1.54, 1.807) is 0 Å². The number of nitrogens with two attached hydrogens (primary N) is 1. The van der Waals surface area contributed by atoms with Crippen LogP contribution in [0.2, 0.25) is 0 Å². The first-order valence-electron chi connectivity index (χ1n) is 5.70. The lowest BCUT2D eigenvalue weighted by Gasteiger charge is -2.31. The van der Waals surface area contributed by atoms with Gasteiger partial charge in [-0.3, -0.25) is 9.69 Å². The molecule has 1 saturated heterocycles. The predicted molar refractivity (Wildman–Crippen MR) is 67.2 cm³/mol. The van der Waals surface area contributed by atoms with Crippen LogP contribution in [0, 0.1) is 5.92 Å². The van der Waals surface area contributed by atoms with Crippen LogP contribution in [0.4, 0.5) is 0 Å². The van der Waals surface area contributed by atoms with Crippen molar-refractivity contribution in [3.05, 3.63) is 0 Å². The van der Waals surface area contributed by atoms with Crippen LogP contribution in [0.3, 0.4) is 0 Å². The Kier molecular flexibility index (Phi) is 5.15. The normalized spacial score (nSPS) is 22.1. The van der Waals surface area contributed by atoms with E-state index in [0.29, 0.717) is 11.5 Å². The maximum atomic E-state index is 11.5. The van der Waals surface area contributed by atoms with Crippen molar-refractivity contribution in [2.24, 2.45) is 11.7 Å². The van der Waals surface area contributed by atoms with Crippen LogP contribution in [0.15, 0.2) is 0 Å². The summed E-state index contributed by atoms with van der Waals surface area (Å²) in [4.78, 5) is 14.1. The van der Waals surface area contributed by atoms with Gasteiger partial charge in [0, 0.05) is 12.5 Å². The monoisotopic (exact) mass is 244 g/mol. The van der Waals surface area contributed by atoms with Gasteiger partial charge >= 0.3 is 5.97 Å². The van der Waals surface area contributed by atoms with Crippen molar-refractivity contribution in [2.45, 2.75) is 32.8 Å². The van der Waals surface area contributed by atoms with Gasteiger partial charge in [-0.1, -0.05) is 12.2 Å². The molecule has 4 nitrogen and oxygen atoms in total. The molecule has 1 aliphatic heterocycles. The lowest BCUT2D eigenvalue weighted by atomic mass is 9.98. The van der Waals surface area contributed by atoms with E-state index in [-0.39, 0.29) is 18.0 Å². The van der Waals surface area contributed by atoms with Crippen LogP contribution in [0.1, 0.15) is 26.7 Å². The lowest BCUT2D eigenvalue weighted by molar-refractivity contribution is -0.149. The van der Waals surface area contributed by atoms with Gasteiger partial charge in [-0.05, 0) is 33.2 Å². The SMILES string of the molecule is CC(C)OC(=O)CN1CCCC(C(N)=S)C1. The first-order valence-corrected chi connectivity index (χ1v) is 6.11. The number of rotatable bonds is 4. The second kappa shape index (κ2) is 6.15. The quantitative estimate of drug-likeness (QED) is 0.589. The van der Waals surface area contributed by atoms with Crippen molar-refractivity contribution in [2.75, 3.05) is 19.6 Å². The summed E-state index contributed by atoms with van der Waals surface area (Å²) in [5.74, 6) is 0.0780. The molecule has 1 atom stereocenters. The summed E-state index contributed by atoms with van der Waals surface area (Å²) in [5.41, 5.74) is 5.63. The summed E-state index contributed by atoms with van der Waals surface area (Å²) in [6.45, 7) is 5.75. The summed E-state index contributed by atoms with van der Waals surface area (Å²) in [5, 5.41) is 0. The fourth-order valence-corrected chi connectivity index (χ4v) is 2.11. The van der Waals surface area contributed by atoms with E-state index >= 15 is 0 Å². The topological polar surface area (TPSA) is 55.6 Å². The Morgan fingerprint density at radius 1 is 1.62 bits per heavy atom.